The van der Waals surface area contributed by atoms with E-state index >= 15 is 0 Å². The number of thiazole rings is 1. The smallest absolute Gasteiger partial charge is 0.350 e. The number of carbonyl (C=O) groups excluding carboxylic acids is 2. The van der Waals surface area contributed by atoms with Gasteiger partial charge in [0.2, 0.25) is 5.91 Å². The predicted octanol–water partition coefficient (Wildman–Crippen LogP) is 2.71. The van der Waals surface area contributed by atoms with Crippen molar-refractivity contribution in [3.05, 3.63) is 10.6 Å². The van der Waals surface area contributed by atoms with E-state index in [1.807, 2.05) is 27.7 Å². The molecular formula is C14H24ClN3O3S. The zero-order valence-electron chi connectivity index (χ0n) is 13.6. The van der Waals surface area contributed by atoms with Crippen LogP contribution in [0.1, 0.15) is 55.9 Å². The molecule has 1 unspecified atom stereocenters. The van der Waals surface area contributed by atoms with Crippen LogP contribution in [0, 0.1) is 0 Å². The average molecular weight is 350 g/mol. The molecule has 1 heterocycles. The van der Waals surface area contributed by atoms with Crippen LogP contribution in [0.5, 0.6) is 0 Å². The number of nitrogens with zero attached hydrogens (tertiary/aromatic N) is 1. The van der Waals surface area contributed by atoms with Gasteiger partial charge in [-0.15, -0.1) is 12.4 Å². The van der Waals surface area contributed by atoms with Gasteiger partial charge < -0.3 is 15.8 Å². The van der Waals surface area contributed by atoms with Gasteiger partial charge in [-0.3, -0.25) is 4.79 Å². The normalized spacial score (nSPS) is 12.3. The van der Waals surface area contributed by atoms with Crippen molar-refractivity contribution in [2.24, 2.45) is 5.73 Å². The molecule has 0 fully saturated rings. The van der Waals surface area contributed by atoms with E-state index in [1.165, 1.54) is 7.11 Å². The predicted molar refractivity (Wildman–Crippen MR) is 90.9 cm³/mol. The summed E-state index contributed by atoms with van der Waals surface area (Å²) in [7, 11) is 1.33. The molecule has 0 radical (unpaired) electrons. The van der Waals surface area contributed by atoms with E-state index in [9.17, 15) is 9.59 Å². The summed E-state index contributed by atoms with van der Waals surface area (Å²) >= 11 is 1.13. The van der Waals surface area contributed by atoms with E-state index in [-0.39, 0.29) is 29.8 Å². The third-order valence-corrected chi connectivity index (χ3v) is 3.73. The molecule has 1 aromatic rings. The molecular weight excluding hydrogens is 326 g/mol. The molecule has 1 amide bonds. The number of esters is 1. The minimum atomic E-state index is -0.437. The second-order valence-corrected chi connectivity index (χ2v) is 7.00. The van der Waals surface area contributed by atoms with E-state index in [4.69, 9.17) is 10.5 Å². The van der Waals surface area contributed by atoms with E-state index in [2.05, 4.69) is 10.3 Å². The number of anilines is 1. The van der Waals surface area contributed by atoms with Crippen LogP contribution in [0.4, 0.5) is 5.13 Å². The van der Waals surface area contributed by atoms with Crippen LogP contribution >= 0.6 is 23.7 Å². The zero-order chi connectivity index (χ0) is 16.2. The number of rotatable bonds is 5. The monoisotopic (exact) mass is 349 g/mol. The van der Waals surface area contributed by atoms with Crippen molar-refractivity contribution in [2.75, 3.05) is 12.4 Å². The topological polar surface area (TPSA) is 94.3 Å². The average Bonchev–Trinajstić information content (AvgIpc) is 2.79. The Kier molecular flexibility index (Phi) is 8.00. The van der Waals surface area contributed by atoms with Crippen LogP contribution in [-0.4, -0.2) is 30.0 Å². The highest BCUT2D eigenvalue weighted by Gasteiger charge is 2.28. The molecule has 0 saturated carbocycles. The molecule has 126 valence electrons. The van der Waals surface area contributed by atoms with Gasteiger partial charge in [0.15, 0.2) is 5.13 Å². The highest BCUT2D eigenvalue weighted by Crippen LogP contribution is 2.32. The first-order valence-corrected chi connectivity index (χ1v) is 7.62. The van der Waals surface area contributed by atoms with Crippen molar-refractivity contribution in [2.45, 2.75) is 52.0 Å². The molecule has 6 nitrogen and oxygen atoms in total. The quantitative estimate of drug-likeness (QED) is 0.797. The van der Waals surface area contributed by atoms with Crippen molar-refractivity contribution < 1.29 is 14.3 Å². The number of halogens is 1. The highest BCUT2D eigenvalue weighted by atomic mass is 35.5. The molecule has 1 atom stereocenters. The maximum atomic E-state index is 11.8. The Labute approximate surface area is 141 Å². The number of ether oxygens (including phenoxy) is 1. The number of nitrogens with two attached hydrogens (primary N) is 1. The van der Waals surface area contributed by atoms with Crippen molar-refractivity contribution >= 4 is 40.8 Å². The van der Waals surface area contributed by atoms with E-state index in [0.29, 0.717) is 28.5 Å². The Morgan fingerprint density at radius 3 is 2.45 bits per heavy atom. The molecule has 1 rings (SSSR count). The number of hydrogen-bond acceptors (Lipinski definition) is 6. The van der Waals surface area contributed by atoms with Crippen LogP contribution in [0.15, 0.2) is 0 Å². The van der Waals surface area contributed by atoms with Gasteiger partial charge in [-0.25, -0.2) is 9.78 Å². The summed E-state index contributed by atoms with van der Waals surface area (Å²) < 4.78 is 4.77. The van der Waals surface area contributed by atoms with E-state index < -0.39 is 5.97 Å². The van der Waals surface area contributed by atoms with Gasteiger partial charge in [0, 0.05) is 17.9 Å². The minimum absolute atomic E-state index is 0. The summed E-state index contributed by atoms with van der Waals surface area (Å²) in [6.07, 6.45) is 0.933. The first kappa shape index (κ1) is 20.8. The third-order valence-electron chi connectivity index (χ3n) is 2.78. The van der Waals surface area contributed by atoms with Gasteiger partial charge >= 0.3 is 5.97 Å². The fourth-order valence-electron chi connectivity index (χ4n) is 1.65. The Hall–Kier alpha value is -1.18. The lowest BCUT2D eigenvalue weighted by molar-refractivity contribution is -0.116. The first-order chi connectivity index (χ1) is 9.65. The van der Waals surface area contributed by atoms with Crippen molar-refractivity contribution in [1.82, 2.24) is 4.98 Å². The summed E-state index contributed by atoms with van der Waals surface area (Å²) in [5.41, 5.74) is 5.94. The van der Waals surface area contributed by atoms with Gasteiger partial charge in [-0.2, -0.15) is 0 Å². The van der Waals surface area contributed by atoms with Gasteiger partial charge in [0.05, 0.1) is 12.8 Å². The molecule has 3 N–H and O–H groups in total. The maximum absolute atomic E-state index is 11.8. The number of amides is 1. The number of methoxy groups -OCH3 is 1. The summed E-state index contributed by atoms with van der Waals surface area (Å²) in [6.45, 7) is 7.71. The molecule has 22 heavy (non-hydrogen) atoms. The third kappa shape index (κ3) is 5.90. The Morgan fingerprint density at radius 2 is 2.00 bits per heavy atom. The molecule has 1 aromatic heterocycles. The van der Waals surface area contributed by atoms with Crippen LogP contribution in [0.3, 0.4) is 0 Å². The Bertz CT molecular complexity index is 524. The SMILES string of the molecule is COC(=O)c1sc(NC(=O)CCC(C)N)nc1C(C)(C)C.Cl. The zero-order valence-corrected chi connectivity index (χ0v) is 15.2. The van der Waals surface area contributed by atoms with Crippen LogP contribution < -0.4 is 11.1 Å². The number of hydrogen-bond donors (Lipinski definition) is 2. The van der Waals surface area contributed by atoms with Crippen LogP contribution in [-0.2, 0) is 14.9 Å². The number of aromatic nitrogens is 1. The van der Waals surface area contributed by atoms with Gasteiger partial charge in [0.1, 0.15) is 4.88 Å². The Morgan fingerprint density at radius 1 is 1.41 bits per heavy atom. The molecule has 0 aromatic carbocycles. The lowest BCUT2D eigenvalue weighted by Gasteiger charge is -2.16. The fraction of sp³-hybridized carbons (Fsp3) is 0.643. The fourth-order valence-corrected chi connectivity index (χ4v) is 2.76. The number of nitrogens with one attached hydrogen (secondary N) is 1. The summed E-state index contributed by atoms with van der Waals surface area (Å²) in [6, 6.07) is -0.0252. The first-order valence-electron chi connectivity index (χ1n) is 6.80. The molecule has 0 saturated heterocycles. The standard InChI is InChI=1S/C14H23N3O3S.ClH/c1-8(15)6-7-9(18)16-13-17-11(14(2,3)4)10(21-13)12(19)20-5;/h8H,6-7,15H2,1-5H3,(H,16,17,18);1H. The molecule has 0 aliphatic heterocycles. The van der Waals surface area contributed by atoms with Crippen molar-refractivity contribution in [3.63, 3.8) is 0 Å². The second-order valence-electron chi connectivity index (χ2n) is 6.00. The maximum Gasteiger partial charge on any atom is 0.350 e. The Balaban J connectivity index is 0.00000441. The minimum Gasteiger partial charge on any atom is -0.465 e. The summed E-state index contributed by atoms with van der Waals surface area (Å²) in [5.74, 6) is -0.591. The summed E-state index contributed by atoms with van der Waals surface area (Å²) in [4.78, 5) is 28.4. The second kappa shape index (κ2) is 8.45. The van der Waals surface area contributed by atoms with Gasteiger partial charge in [-0.05, 0) is 13.3 Å². The van der Waals surface area contributed by atoms with E-state index in [0.717, 1.165) is 11.3 Å². The molecule has 0 aliphatic carbocycles. The van der Waals surface area contributed by atoms with Crippen LogP contribution in [0.2, 0.25) is 0 Å². The van der Waals surface area contributed by atoms with Gasteiger partial charge in [0.25, 0.3) is 0 Å². The highest BCUT2D eigenvalue weighted by molar-refractivity contribution is 7.17. The van der Waals surface area contributed by atoms with E-state index in [1.54, 1.807) is 0 Å². The van der Waals surface area contributed by atoms with Gasteiger partial charge in [-0.1, -0.05) is 32.1 Å². The van der Waals surface area contributed by atoms with Crippen molar-refractivity contribution in [3.8, 4) is 0 Å². The lowest BCUT2D eigenvalue weighted by atomic mass is 9.91. The molecule has 8 heteroatoms. The van der Waals surface area contributed by atoms with Crippen LogP contribution in [0.25, 0.3) is 0 Å². The van der Waals surface area contributed by atoms with Crippen molar-refractivity contribution in [1.29, 1.82) is 0 Å². The molecule has 0 bridgehead atoms. The molecule has 0 spiro atoms. The largest absolute Gasteiger partial charge is 0.465 e. The molecule has 0 aliphatic rings. The lowest BCUT2D eigenvalue weighted by Crippen LogP contribution is -2.19. The number of carbonyl (C=O) groups is 2. The summed E-state index contributed by atoms with van der Waals surface area (Å²) in [5, 5.41) is 3.13.